The first-order valence-electron chi connectivity index (χ1n) is 3.24. The molecule has 0 atom stereocenters. The highest BCUT2D eigenvalue weighted by Crippen LogP contribution is 1.78. The van der Waals surface area contributed by atoms with Crippen LogP contribution in [0.5, 0.6) is 0 Å². The van der Waals surface area contributed by atoms with E-state index in [1.54, 1.807) is 11.9 Å². The minimum absolute atomic E-state index is 0.000533. The van der Waals surface area contributed by atoms with Gasteiger partial charge in [0.2, 0.25) is 6.41 Å². The molecule has 11 heavy (non-hydrogen) atoms. The van der Waals surface area contributed by atoms with Gasteiger partial charge in [0, 0.05) is 13.1 Å². The molecular weight excluding hydrogens is 148 g/mol. The molecule has 0 aromatic heterocycles. The smallest absolute Gasteiger partial charge is 0.317 e. The van der Waals surface area contributed by atoms with Crippen LogP contribution in [-0.2, 0) is 9.59 Å². The van der Waals surface area contributed by atoms with Crippen molar-refractivity contribution < 1.29 is 14.7 Å². The Bertz CT molecular complexity index is 138. The summed E-state index contributed by atoms with van der Waals surface area (Å²) >= 11 is 0. The van der Waals surface area contributed by atoms with Gasteiger partial charge in [0.25, 0.3) is 0 Å². The summed E-state index contributed by atoms with van der Waals surface area (Å²) in [6.07, 6.45) is 0.592. The van der Waals surface area contributed by atoms with Crippen molar-refractivity contribution >= 4 is 12.4 Å². The molecule has 0 unspecified atom stereocenters. The second kappa shape index (κ2) is 5.67. The van der Waals surface area contributed by atoms with Gasteiger partial charge in [-0.25, -0.2) is 0 Å². The van der Waals surface area contributed by atoms with Gasteiger partial charge in [0.15, 0.2) is 0 Å². The number of rotatable bonds is 6. The molecule has 2 N–H and O–H groups in total. The quantitative estimate of drug-likeness (QED) is 0.376. The first kappa shape index (κ1) is 9.90. The number of hydrogen-bond acceptors (Lipinski definition) is 3. The zero-order valence-electron chi connectivity index (χ0n) is 6.41. The lowest BCUT2D eigenvalue weighted by Gasteiger charge is -2.12. The number of carboxylic acids is 1. The van der Waals surface area contributed by atoms with Crippen molar-refractivity contribution in [3.05, 3.63) is 0 Å². The van der Waals surface area contributed by atoms with Gasteiger partial charge < -0.3 is 10.4 Å². The molecule has 0 saturated heterocycles. The summed E-state index contributed by atoms with van der Waals surface area (Å²) in [6.45, 7) is 1.03. The highest BCUT2D eigenvalue weighted by atomic mass is 16.4. The van der Waals surface area contributed by atoms with Crippen molar-refractivity contribution in [2.45, 2.75) is 0 Å². The third kappa shape index (κ3) is 6.79. The second-order valence-electron chi connectivity index (χ2n) is 2.20. The minimum Gasteiger partial charge on any atom is -0.480 e. The number of carbonyl (C=O) groups is 2. The summed E-state index contributed by atoms with van der Waals surface area (Å²) in [6, 6.07) is 0. The normalized spacial score (nSPS) is 9.64. The number of nitrogens with one attached hydrogen (secondary N) is 1. The lowest BCUT2D eigenvalue weighted by molar-refractivity contribution is -0.137. The zero-order valence-corrected chi connectivity index (χ0v) is 6.41. The maximum Gasteiger partial charge on any atom is 0.317 e. The third-order valence-electron chi connectivity index (χ3n) is 1.13. The van der Waals surface area contributed by atoms with Gasteiger partial charge >= 0.3 is 5.97 Å². The first-order chi connectivity index (χ1) is 5.16. The predicted octanol–water partition coefficient (Wildman–Crippen LogP) is -1.25. The van der Waals surface area contributed by atoms with E-state index in [4.69, 9.17) is 5.11 Å². The van der Waals surface area contributed by atoms with Crippen LogP contribution in [0.3, 0.4) is 0 Å². The number of likely N-dealkylation sites (N-methyl/N-ethyl adjacent to an activating group) is 1. The molecule has 0 aromatic carbocycles. The van der Waals surface area contributed by atoms with Gasteiger partial charge in [0.05, 0.1) is 6.54 Å². The highest BCUT2D eigenvalue weighted by Gasteiger charge is 2.01. The van der Waals surface area contributed by atoms with Crippen LogP contribution in [0.25, 0.3) is 0 Å². The van der Waals surface area contributed by atoms with Crippen molar-refractivity contribution in [3.63, 3.8) is 0 Å². The number of carboxylic acid groups (broad SMARTS) is 1. The van der Waals surface area contributed by atoms with E-state index in [1.807, 2.05) is 0 Å². The Morgan fingerprint density at radius 2 is 2.36 bits per heavy atom. The number of nitrogens with zero attached hydrogens (tertiary/aromatic N) is 1. The molecule has 0 aliphatic rings. The second-order valence-corrected chi connectivity index (χ2v) is 2.20. The van der Waals surface area contributed by atoms with Crippen LogP contribution in [-0.4, -0.2) is 49.1 Å². The number of aliphatic carboxylic acids is 1. The van der Waals surface area contributed by atoms with Crippen molar-refractivity contribution in [3.8, 4) is 0 Å². The molecule has 0 saturated carbocycles. The Morgan fingerprint density at radius 1 is 1.73 bits per heavy atom. The maximum atomic E-state index is 10.1. The van der Waals surface area contributed by atoms with Crippen LogP contribution in [0, 0.1) is 0 Å². The number of carbonyl (C=O) groups excluding carboxylic acids is 1. The number of hydrogen-bond donors (Lipinski definition) is 2. The van der Waals surface area contributed by atoms with Crippen molar-refractivity contribution in [1.29, 1.82) is 0 Å². The van der Waals surface area contributed by atoms with Crippen LogP contribution in [0.15, 0.2) is 0 Å². The van der Waals surface area contributed by atoms with Crippen LogP contribution in [0.2, 0.25) is 0 Å². The van der Waals surface area contributed by atoms with Crippen LogP contribution < -0.4 is 5.32 Å². The topological polar surface area (TPSA) is 69.6 Å². The largest absolute Gasteiger partial charge is 0.480 e. The lowest BCUT2D eigenvalue weighted by Crippen LogP contribution is -2.32. The molecule has 0 aliphatic heterocycles. The molecule has 0 rings (SSSR count). The van der Waals surface area contributed by atoms with Crippen LogP contribution >= 0.6 is 0 Å². The van der Waals surface area contributed by atoms with E-state index in [9.17, 15) is 9.59 Å². The standard InChI is InChI=1S/C6H12N2O3/c1-8(4-6(10)11)3-2-7-5-9/h5H,2-4H2,1H3,(H,7,9)(H,10,11). The van der Waals surface area contributed by atoms with Crippen LogP contribution in [0.1, 0.15) is 0 Å². The summed E-state index contributed by atoms with van der Waals surface area (Å²) < 4.78 is 0. The molecular formula is C6H12N2O3. The molecule has 0 aliphatic carbocycles. The third-order valence-corrected chi connectivity index (χ3v) is 1.13. The van der Waals surface area contributed by atoms with Gasteiger partial charge in [-0.05, 0) is 7.05 Å². The van der Waals surface area contributed by atoms with E-state index < -0.39 is 5.97 Å². The van der Waals surface area contributed by atoms with Crippen molar-refractivity contribution in [2.24, 2.45) is 0 Å². The SMILES string of the molecule is CN(CCNC=O)CC(=O)O. The fourth-order valence-electron chi connectivity index (χ4n) is 0.624. The van der Waals surface area contributed by atoms with E-state index in [-0.39, 0.29) is 6.54 Å². The van der Waals surface area contributed by atoms with E-state index in [2.05, 4.69) is 5.32 Å². The van der Waals surface area contributed by atoms with E-state index in [0.717, 1.165) is 0 Å². The fraction of sp³-hybridized carbons (Fsp3) is 0.667. The van der Waals surface area contributed by atoms with Gasteiger partial charge in [-0.2, -0.15) is 0 Å². The molecule has 0 fully saturated rings. The summed E-state index contributed by atoms with van der Waals surface area (Å²) in [5.74, 6) is -0.862. The van der Waals surface area contributed by atoms with Gasteiger partial charge in [-0.15, -0.1) is 0 Å². The Labute approximate surface area is 65.0 Å². The summed E-state index contributed by atoms with van der Waals surface area (Å²) in [7, 11) is 1.68. The Kier molecular flexibility index (Phi) is 5.10. The Morgan fingerprint density at radius 3 is 2.82 bits per heavy atom. The molecule has 0 aromatic rings. The monoisotopic (exact) mass is 160 g/mol. The Balaban J connectivity index is 3.28. The zero-order chi connectivity index (χ0) is 8.69. The predicted molar refractivity (Wildman–Crippen MR) is 39.2 cm³/mol. The molecule has 0 bridgehead atoms. The number of amides is 1. The molecule has 0 radical (unpaired) electrons. The maximum absolute atomic E-state index is 10.1. The van der Waals surface area contributed by atoms with E-state index in [1.165, 1.54) is 0 Å². The first-order valence-corrected chi connectivity index (χ1v) is 3.24. The summed E-state index contributed by atoms with van der Waals surface area (Å²) in [5.41, 5.74) is 0. The fourth-order valence-corrected chi connectivity index (χ4v) is 0.624. The molecule has 1 amide bonds. The molecule has 0 spiro atoms. The summed E-state index contributed by atoms with van der Waals surface area (Å²) in [5, 5.41) is 10.7. The minimum atomic E-state index is -0.862. The molecule has 64 valence electrons. The molecule has 0 heterocycles. The van der Waals surface area contributed by atoms with Gasteiger partial charge in [0.1, 0.15) is 0 Å². The van der Waals surface area contributed by atoms with Gasteiger partial charge in [-0.1, -0.05) is 0 Å². The van der Waals surface area contributed by atoms with E-state index in [0.29, 0.717) is 19.5 Å². The van der Waals surface area contributed by atoms with Crippen molar-refractivity contribution in [1.82, 2.24) is 10.2 Å². The molecule has 5 heteroatoms. The lowest BCUT2D eigenvalue weighted by atomic mass is 10.5. The molecule has 5 nitrogen and oxygen atoms in total. The summed E-state index contributed by atoms with van der Waals surface area (Å²) in [4.78, 5) is 21.5. The Hall–Kier alpha value is -1.10. The average molecular weight is 160 g/mol. The highest BCUT2D eigenvalue weighted by molar-refractivity contribution is 5.68. The van der Waals surface area contributed by atoms with Gasteiger partial charge in [-0.3, -0.25) is 14.5 Å². The van der Waals surface area contributed by atoms with Crippen LogP contribution in [0.4, 0.5) is 0 Å². The van der Waals surface area contributed by atoms with E-state index >= 15 is 0 Å². The van der Waals surface area contributed by atoms with Crippen molar-refractivity contribution in [2.75, 3.05) is 26.7 Å². The average Bonchev–Trinajstić information content (AvgIpc) is 1.86.